The SMILES string of the molecule is CCN(C(=O)OC(C)(C)C)C1CC1.CCNC1CC1.Cl. The largest absolute Gasteiger partial charge is 0.444 e. The summed E-state index contributed by atoms with van der Waals surface area (Å²) in [6, 6.07) is 1.34. The van der Waals surface area contributed by atoms with Crippen LogP contribution >= 0.6 is 12.4 Å². The summed E-state index contributed by atoms with van der Waals surface area (Å²) in [7, 11) is 0. The fraction of sp³-hybridized carbons (Fsp3) is 0.933. The number of halogens is 1. The van der Waals surface area contributed by atoms with Gasteiger partial charge in [-0.05, 0) is 59.9 Å². The van der Waals surface area contributed by atoms with Crippen LogP contribution in [0.25, 0.3) is 0 Å². The zero-order chi connectivity index (χ0) is 14.5. The topological polar surface area (TPSA) is 41.6 Å². The lowest BCUT2D eigenvalue weighted by atomic mass is 10.2. The number of hydrogen-bond donors (Lipinski definition) is 1. The highest BCUT2D eigenvalue weighted by atomic mass is 35.5. The van der Waals surface area contributed by atoms with Crippen molar-refractivity contribution in [1.82, 2.24) is 10.2 Å². The molecule has 0 radical (unpaired) electrons. The maximum atomic E-state index is 11.6. The Morgan fingerprint density at radius 2 is 1.75 bits per heavy atom. The maximum absolute atomic E-state index is 11.6. The molecule has 120 valence electrons. The van der Waals surface area contributed by atoms with E-state index in [2.05, 4.69) is 12.2 Å². The molecule has 0 aliphatic heterocycles. The third-order valence-electron chi connectivity index (χ3n) is 3.03. The molecule has 0 saturated heterocycles. The molecule has 0 atom stereocenters. The molecule has 0 spiro atoms. The predicted octanol–water partition coefficient (Wildman–Crippen LogP) is 3.59. The number of carbonyl (C=O) groups is 1. The lowest BCUT2D eigenvalue weighted by Crippen LogP contribution is -2.38. The Hall–Kier alpha value is -0.480. The summed E-state index contributed by atoms with van der Waals surface area (Å²) in [5.74, 6) is 0. The van der Waals surface area contributed by atoms with Crippen molar-refractivity contribution in [3.05, 3.63) is 0 Å². The Bertz CT molecular complexity index is 284. The second-order valence-corrected chi connectivity index (χ2v) is 6.33. The predicted molar refractivity (Wildman–Crippen MR) is 85.6 cm³/mol. The first-order valence-electron chi connectivity index (χ1n) is 7.60. The first kappa shape index (κ1) is 19.5. The molecule has 1 amide bonds. The average molecular weight is 307 g/mol. The van der Waals surface area contributed by atoms with Gasteiger partial charge in [0.05, 0.1) is 0 Å². The summed E-state index contributed by atoms with van der Waals surface area (Å²) in [5, 5.41) is 3.32. The lowest BCUT2D eigenvalue weighted by molar-refractivity contribution is 0.0245. The van der Waals surface area contributed by atoms with Crippen molar-refractivity contribution in [2.45, 2.75) is 78.0 Å². The van der Waals surface area contributed by atoms with Gasteiger partial charge in [-0.3, -0.25) is 0 Å². The Morgan fingerprint density at radius 3 is 2.00 bits per heavy atom. The van der Waals surface area contributed by atoms with Crippen molar-refractivity contribution in [3.63, 3.8) is 0 Å². The minimum Gasteiger partial charge on any atom is -0.444 e. The van der Waals surface area contributed by atoms with Crippen LogP contribution in [0.2, 0.25) is 0 Å². The quantitative estimate of drug-likeness (QED) is 0.863. The highest BCUT2D eigenvalue weighted by Gasteiger charge is 2.33. The molecular formula is C15H31ClN2O2. The molecule has 4 nitrogen and oxygen atoms in total. The zero-order valence-electron chi connectivity index (χ0n) is 13.6. The van der Waals surface area contributed by atoms with Gasteiger partial charge in [0, 0.05) is 18.6 Å². The first-order valence-corrected chi connectivity index (χ1v) is 7.60. The van der Waals surface area contributed by atoms with Crippen LogP contribution in [0.15, 0.2) is 0 Å². The normalized spacial score (nSPS) is 17.4. The molecule has 0 bridgehead atoms. The van der Waals surface area contributed by atoms with Crippen LogP contribution in [0.4, 0.5) is 4.79 Å². The monoisotopic (exact) mass is 306 g/mol. The van der Waals surface area contributed by atoms with E-state index in [4.69, 9.17) is 4.74 Å². The van der Waals surface area contributed by atoms with Crippen molar-refractivity contribution in [3.8, 4) is 0 Å². The van der Waals surface area contributed by atoms with Crippen LogP contribution in [0.5, 0.6) is 0 Å². The maximum Gasteiger partial charge on any atom is 0.410 e. The summed E-state index contributed by atoms with van der Waals surface area (Å²) in [4.78, 5) is 13.4. The number of ether oxygens (including phenoxy) is 1. The van der Waals surface area contributed by atoms with Gasteiger partial charge in [-0.1, -0.05) is 6.92 Å². The Kier molecular flexibility index (Phi) is 8.52. The fourth-order valence-electron chi connectivity index (χ4n) is 1.82. The van der Waals surface area contributed by atoms with Gasteiger partial charge >= 0.3 is 6.09 Å². The van der Waals surface area contributed by atoms with Gasteiger partial charge in [-0.2, -0.15) is 0 Å². The number of nitrogens with zero attached hydrogens (tertiary/aromatic N) is 1. The van der Waals surface area contributed by atoms with Crippen LogP contribution in [0.3, 0.4) is 0 Å². The van der Waals surface area contributed by atoms with E-state index in [1.807, 2.05) is 32.6 Å². The molecule has 1 N–H and O–H groups in total. The molecule has 20 heavy (non-hydrogen) atoms. The summed E-state index contributed by atoms with van der Waals surface area (Å²) in [6.07, 6.45) is 4.92. The molecule has 2 aliphatic carbocycles. The first-order chi connectivity index (χ1) is 8.87. The molecule has 2 fully saturated rings. The van der Waals surface area contributed by atoms with Crippen LogP contribution in [0, 0.1) is 0 Å². The minimum atomic E-state index is -0.376. The van der Waals surface area contributed by atoms with E-state index in [1.165, 1.54) is 12.8 Å². The highest BCUT2D eigenvalue weighted by Crippen LogP contribution is 2.27. The number of carbonyl (C=O) groups excluding carboxylic acids is 1. The van der Waals surface area contributed by atoms with Gasteiger partial charge in [0.1, 0.15) is 5.60 Å². The van der Waals surface area contributed by atoms with Gasteiger partial charge in [0.15, 0.2) is 0 Å². The summed E-state index contributed by atoms with van der Waals surface area (Å²) >= 11 is 0. The van der Waals surface area contributed by atoms with Gasteiger partial charge in [0.2, 0.25) is 0 Å². The Morgan fingerprint density at radius 1 is 1.20 bits per heavy atom. The molecule has 0 heterocycles. The van der Waals surface area contributed by atoms with Crippen LogP contribution < -0.4 is 5.32 Å². The molecule has 0 aromatic rings. The second-order valence-electron chi connectivity index (χ2n) is 6.33. The van der Waals surface area contributed by atoms with Crippen LogP contribution in [-0.2, 0) is 4.74 Å². The summed E-state index contributed by atoms with van der Waals surface area (Å²) in [5.41, 5.74) is -0.376. The van der Waals surface area contributed by atoms with Crippen molar-refractivity contribution in [2.24, 2.45) is 0 Å². The fourth-order valence-corrected chi connectivity index (χ4v) is 1.82. The van der Waals surface area contributed by atoms with E-state index in [0.29, 0.717) is 6.04 Å². The second kappa shape index (κ2) is 8.73. The highest BCUT2D eigenvalue weighted by molar-refractivity contribution is 5.85. The van der Waals surface area contributed by atoms with E-state index in [-0.39, 0.29) is 24.1 Å². The van der Waals surface area contributed by atoms with E-state index >= 15 is 0 Å². The van der Waals surface area contributed by atoms with E-state index < -0.39 is 0 Å². The van der Waals surface area contributed by atoms with Crippen molar-refractivity contribution in [1.29, 1.82) is 0 Å². The smallest absolute Gasteiger partial charge is 0.410 e. The Balaban J connectivity index is 0.000000434. The van der Waals surface area contributed by atoms with Gasteiger partial charge in [-0.25, -0.2) is 4.79 Å². The average Bonchev–Trinajstić information content (AvgIpc) is 3.11. The lowest BCUT2D eigenvalue weighted by Gasteiger charge is -2.26. The summed E-state index contributed by atoms with van der Waals surface area (Å²) < 4.78 is 5.28. The number of nitrogens with one attached hydrogen (secondary N) is 1. The molecule has 2 rings (SSSR count). The molecule has 0 unspecified atom stereocenters. The minimum absolute atomic E-state index is 0. The zero-order valence-corrected chi connectivity index (χ0v) is 14.4. The van der Waals surface area contributed by atoms with Gasteiger partial charge < -0.3 is 15.0 Å². The standard InChI is InChI=1S/C10H19NO2.C5H11N.ClH/c1-5-11(8-6-7-8)9(12)13-10(2,3)4;1-2-6-5-3-4-5;/h8H,5-7H2,1-4H3;5-6H,2-4H2,1H3;1H. The third kappa shape index (κ3) is 8.64. The van der Waals surface area contributed by atoms with Crippen molar-refractivity contribution in [2.75, 3.05) is 13.1 Å². The van der Waals surface area contributed by atoms with Gasteiger partial charge in [0.25, 0.3) is 0 Å². The van der Waals surface area contributed by atoms with Crippen LogP contribution in [0.1, 0.15) is 60.3 Å². The molecule has 0 aromatic heterocycles. The molecular weight excluding hydrogens is 276 g/mol. The van der Waals surface area contributed by atoms with E-state index in [0.717, 1.165) is 32.0 Å². The van der Waals surface area contributed by atoms with Gasteiger partial charge in [-0.15, -0.1) is 12.4 Å². The van der Waals surface area contributed by atoms with Crippen molar-refractivity contribution >= 4 is 18.5 Å². The molecule has 0 aromatic carbocycles. The Labute approximate surface area is 130 Å². The van der Waals surface area contributed by atoms with E-state index in [1.54, 1.807) is 0 Å². The number of rotatable bonds is 4. The number of amides is 1. The molecule has 2 saturated carbocycles. The molecule has 5 heteroatoms. The molecule has 2 aliphatic rings. The van der Waals surface area contributed by atoms with Crippen LogP contribution in [-0.4, -0.2) is 41.8 Å². The summed E-state index contributed by atoms with van der Waals surface area (Å²) in [6.45, 7) is 11.7. The third-order valence-corrected chi connectivity index (χ3v) is 3.03. The number of hydrogen-bond acceptors (Lipinski definition) is 3. The van der Waals surface area contributed by atoms with E-state index in [9.17, 15) is 4.79 Å². The van der Waals surface area contributed by atoms with Crippen molar-refractivity contribution < 1.29 is 9.53 Å².